The Balaban J connectivity index is 1.45. The number of carbonyl (C=O) groups excluding carboxylic acids is 1. The molecule has 0 bridgehead atoms. The summed E-state index contributed by atoms with van der Waals surface area (Å²) < 4.78 is 1.84. The van der Waals surface area contributed by atoms with E-state index in [1.165, 1.54) is 31.4 Å². The third kappa shape index (κ3) is 3.50. The Morgan fingerprint density at radius 2 is 1.72 bits per heavy atom. The smallest absolute Gasteiger partial charge is 0.275 e. The van der Waals surface area contributed by atoms with Crippen LogP contribution < -0.4 is 10.2 Å². The SMILES string of the molecule is O=C(Nc1ccc(N2CCCCCC2)cc1)c1cn2ccccc2n1. The fraction of sp³-hybridized carbons (Fsp3) is 0.300. The van der Waals surface area contributed by atoms with Gasteiger partial charge >= 0.3 is 0 Å². The van der Waals surface area contributed by atoms with Gasteiger partial charge in [-0.15, -0.1) is 0 Å². The van der Waals surface area contributed by atoms with Crippen molar-refractivity contribution in [3.63, 3.8) is 0 Å². The summed E-state index contributed by atoms with van der Waals surface area (Å²) in [7, 11) is 0. The third-order valence-electron chi connectivity index (χ3n) is 4.69. The molecule has 5 nitrogen and oxygen atoms in total. The van der Waals surface area contributed by atoms with Crippen LogP contribution in [0.1, 0.15) is 36.2 Å². The van der Waals surface area contributed by atoms with Crippen molar-refractivity contribution >= 4 is 22.9 Å². The normalized spacial score (nSPS) is 15.1. The number of fused-ring (bicyclic) bond motifs is 1. The molecule has 0 spiro atoms. The Morgan fingerprint density at radius 1 is 0.960 bits per heavy atom. The maximum atomic E-state index is 12.4. The third-order valence-corrected chi connectivity index (χ3v) is 4.69. The number of benzene rings is 1. The largest absolute Gasteiger partial charge is 0.372 e. The molecule has 4 rings (SSSR count). The Labute approximate surface area is 147 Å². The maximum absolute atomic E-state index is 12.4. The van der Waals surface area contributed by atoms with Gasteiger partial charge in [-0.2, -0.15) is 0 Å². The molecule has 1 N–H and O–H groups in total. The second kappa shape index (κ2) is 6.97. The van der Waals surface area contributed by atoms with Crippen LogP contribution in [-0.2, 0) is 0 Å². The molecule has 0 unspecified atom stereocenters. The van der Waals surface area contributed by atoms with Gasteiger partial charge in [-0.3, -0.25) is 4.79 Å². The van der Waals surface area contributed by atoms with Crippen LogP contribution in [0.15, 0.2) is 54.9 Å². The van der Waals surface area contributed by atoms with Crippen molar-refractivity contribution in [1.29, 1.82) is 0 Å². The van der Waals surface area contributed by atoms with E-state index in [1.54, 1.807) is 6.20 Å². The zero-order valence-corrected chi connectivity index (χ0v) is 14.2. The van der Waals surface area contributed by atoms with Crippen molar-refractivity contribution in [2.45, 2.75) is 25.7 Å². The molecular formula is C20H22N4O. The monoisotopic (exact) mass is 334 g/mol. The molecule has 0 aliphatic carbocycles. The minimum absolute atomic E-state index is 0.189. The van der Waals surface area contributed by atoms with Crippen LogP contribution in [0.4, 0.5) is 11.4 Å². The number of nitrogens with zero attached hydrogens (tertiary/aromatic N) is 3. The Kier molecular flexibility index (Phi) is 4.37. The molecule has 128 valence electrons. The summed E-state index contributed by atoms with van der Waals surface area (Å²) in [5.74, 6) is -0.189. The fourth-order valence-electron chi connectivity index (χ4n) is 3.32. The first-order chi connectivity index (χ1) is 12.3. The standard InChI is InChI=1S/C20H22N4O/c25-20(18-15-24-14-6-3-7-19(24)22-18)21-16-8-10-17(11-9-16)23-12-4-1-2-5-13-23/h3,6-11,14-15H,1-2,4-5,12-13H2,(H,21,25). The quantitative estimate of drug-likeness (QED) is 0.788. The summed E-state index contributed by atoms with van der Waals surface area (Å²) in [6.07, 6.45) is 8.79. The lowest BCUT2D eigenvalue weighted by molar-refractivity contribution is 0.102. The molecule has 0 radical (unpaired) electrons. The molecule has 1 aromatic carbocycles. The van der Waals surface area contributed by atoms with E-state index >= 15 is 0 Å². The van der Waals surface area contributed by atoms with Crippen LogP contribution in [0, 0.1) is 0 Å². The van der Waals surface area contributed by atoms with Crippen molar-refractivity contribution in [2.24, 2.45) is 0 Å². The van der Waals surface area contributed by atoms with Gasteiger partial charge in [0.25, 0.3) is 5.91 Å². The van der Waals surface area contributed by atoms with Gasteiger partial charge in [0.05, 0.1) is 0 Å². The highest BCUT2D eigenvalue weighted by Crippen LogP contribution is 2.22. The van der Waals surface area contributed by atoms with E-state index in [0.29, 0.717) is 5.69 Å². The van der Waals surface area contributed by atoms with Gasteiger partial charge < -0.3 is 14.6 Å². The molecule has 1 saturated heterocycles. The van der Waals surface area contributed by atoms with Gasteiger partial charge in [0.15, 0.2) is 0 Å². The highest BCUT2D eigenvalue weighted by atomic mass is 16.1. The first-order valence-corrected chi connectivity index (χ1v) is 8.90. The van der Waals surface area contributed by atoms with Crippen LogP contribution in [-0.4, -0.2) is 28.4 Å². The molecule has 0 saturated carbocycles. The van der Waals surface area contributed by atoms with Gasteiger partial charge in [-0.1, -0.05) is 18.9 Å². The molecule has 2 aromatic heterocycles. The topological polar surface area (TPSA) is 49.6 Å². The first-order valence-electron chi connectivity index (χ1n) is 8.90. The Hall–Kier alpha value is -2.82. The van der Waals surface area contributed by atoms with Crippen LogP contribution >= 0.6 is 0 Å². The molecule has 25 heavy (non-hydrogen) atoms. The number of aromatic nitrogens is 2. The first kappa shape index (κ1) is 15.7. The number of hydrogen-bond donors (Lipinski definition) is 1. The summed E-state index contributed by atoms with van der Waals surface area (Å²) in [6.45, 7) is 2.24. The van der Waals surface area contributed by atoms with Crippen molar-refractivity contribution in [3.8, 4) is 0 Å². The van der Waals surface area contributed by atoms with E-state index < -0.39 is 0 Å². The molecule has 1 amide bonds. The van der Waals surface area contributed by atoms with Crippen LogP contribution in [0.3, 0.4) is 0 Å². The summed E-state index contributed by atoms with van der Waals surface area (Å²) in [5, 5.41) is 2.93. The van der Waals surface area contributed by atoms with E-state index in [-0.39, 0.29) is 5.91 Å². The lowest BCUT2D eigenvalue weighted by atomic mass is 10.2. The molecule has 1 aliphatic heterocycles. The number of carbonyl (C=O) groups is 1. The predicted molar refractivity (Wildman–Crippen MR) is 100 cm³/mol. The van der Waals surface area contributed by atoms with Gasteiger partial charge in [0.1, 0.15) is 11.3 Å². The van der Waals surface area contributed by atoms with E-state index in [0.717, 1.165) is 24.4 Å². The zero-order chi connectivity index (χ0) is 17.1. The van der Waals surface area contributed by atoms with Gasteiger partial charge in [0, 0.05) is 36.9 Å². The molecule has 1 fully saturated rings. The van der Waals surface area contributed by atoms with E-state index in [4.69, 9.17) is 0 Å². The molecule has 3 aromatic rings. The van der Waals surface area contributed by atoms with Crippen molar-refractivity contribution < 1.29 is 4.79 Å². The summed E-state index contributed by atoms with van der Waals surface area (Å²) in [5.41, 5.74) is 3.21. The minimum atomic E-state index is -0.189. The zero-order valence-electron chi connectivity index (χ0n) is 14.2. The summed E-state index contributed by atoms with van der Waals surface area (Å²) >= 11 is 0. The second-order valence-corrected chi connectivity index (χ2v) is 6.49. The Bertz CT molecular complexity index is 828. The summed E-state index contributed by atoms with van der Waals surface area (Å²) in [4.78, 5) is 19.2. The molecular weight excluding hydrogens is 312 g/mol. The van der Waals surface area contributed by atoms with Crippen LogP contribution in [0.2, 0.25) is 0 Å². The lowest BCUT2D eigenvalue weighted by Gasteiger charge is -2.22. The average molecular weight is 334 g/mol. The maximum Gasteiger partial charge on any atom is 0.275 e. The van der Waals surface area contributed by atoms with E-state index in [1.807, 2.05) is 40.9 Å². The predicted octanol–water partition coefficient (Wildman–Crippen LogP) is 3.97. The number of pyridine rings is 1. The Morgan fingerprint density at radius 3 is 2.44 bits per heavy atom. The average Bonchev–Trinajstić information content (AvgIpc) is 2.89. The summed E-state index contributed by atoms with van der Waals surface area (Å²) in [6, 6.07) is 13.8. The number of anilines is 2. The second-order valence-electron chi connectivity index (χ2n) is 6.49. The van der Waals surface area contributed by atoms with Gasteiger partial charge in [0.2, 0.25) is 0 Å². The number of imidazole rings is 1. The fourth-order valence-corrected chi connectivity index (χ4v) is 3.32. The van der Waals surface area contributed by atoms with Gasteiger partial charge in [-0.25, -0.2) is 4.98 Å². The number of nitrogens with one attached hydrogen (secondary N) is 1. The van der Waals surface area contributed by atoms with Crippen LogP contribution in [0.25, 0.3) is 5.65 Å². The molecule has 1 aliphatic rings. The highest BCUT2D eigenvalue weighted by Gasteiger charge is 2.12. The lowest BCUT2D eigenvalue weighted by Crippen LogP contribution is -2.23. The van der Waals surface area contributed by atoms with Gasteiger partial charge in [-0.05, 0) is 49.2 Å². The number of rotatable bonds is 3. The molecule has 5 heteroatoms. The van der Waals surface area contributed by atoms with E-state index in [9.17, 15) is 4.79 Å². The van der Waals surface area contributed by atoms with Crippen molar-refractivity contribution in [1.82, 2.24) is 9.38 Å². The molecule has 3 heterocycles. The highest BCUT2D eigenvalue weighted by molar-refractivity contribution is 6.03. The van der Waals surface area contributed by atoms with Crippen LogP contribution in [0.5, 0.6) is 0 Å². The number of hydrogen-bond acceptors (Lipinski definition) is 3. The van der Waals surface area contributed by atoms with Crippen molar-refractivity contribution in [3.05, 3.63) is 60.6 Å². The van der Waals surface area contributed by atoms with E-state index in [2.05, 4.69) is 27.3 Å². The number of amides is 1. The van der Waals surface area contributed by atoms with Crippen molar-refractivity contribution in [2.75, 3.05) is 23.3 Å². The molecule has 0 atom stereocenters. The minimum Gasteiger partial charge on any atom is -0.372 e.